The van der Waals surface area contributed by atoms with Gasteiger partial charge in [0.2, 0.25) is 0 Å². The first-order valence-electron chi connectivity index (χ1n) is 6.04. The Hall–Kier alpha value is -0.940. The number of alkyl halides is 3. The maximum absolute atomic E-state index is 13.0. The fourth-order valence-electron chi connectivity index (χ4n) is 2.05. The van der Waals surface area contributed by atoms with Gasteiger partial charge in [-0.1, -0.05) is 11.6 Å². The Morgan fingerprint density at radius 2 is 2.11 bits per heavy atom. The van der Waals surface area contributed by atoms with E-state index in [1.165, 1.54) is 12.1 Å². The number of ether oxygens (including phenoxy) is 1. The molecule has 0 spiro atoms. The Kier molecular flexibility index (Phi) is 4.26. The number of nitrogens with one attached hydrogen (secondary N) is 1. The zero-order chi connectivity index (χ0) is 14.0. The lowest BCUT2D eigenvalue weighted by Crippen LogP contribution is -2.28. The highest BCUT2D eigenvalue weighted by atomic mass is 35.5. The molecule has 0 bridgehead atoms. The van der Waals surface area contributed by atoms with Crippen LogP contribution in [0.3, 0.4) is 0 Å². The van der Waals surface area contributed by atoms with Crippen molar-refractivity contribution in [2.75, 3.05) is 19.0 Å². The molecule has 1 aliphatic carbocycles. The van der Waals surface area contributed by atoms with Crippen LogP contribution >= 0.6 is 11.6 Å². The van der Waals surface area contributed by atoms with Crippen molar-refractivity contribution in [3.05, 3.63) is 28.8 Å². The minimum Gasteiger partial charge on any atom is -0.383 e. The lowest BCUT2D eigenvalue weighted by Gasteiger charge is -2.22. The zero-order valence-corrected chi connectivity index (χ0v) is 11.2. The van der Waals surface area contributed by atoms with Crippen molar-refractivity contribution in [2.24, 2.45) is 5.92 Å². The van der Waals surface area contributed by atoms with E-state index in [-0.39, 0.29) is 16.8 Å². The summed E-state index contributed by atoms with van der Waals surface area (Å²) in [6.07, 6.45) is -2.37. The second-order valence-corrected chi connectivity index (χ2v) is 5.17. The number of methoxy groups -OCH3 is 1. The zero-order valence-electron chi connectivity index (χ0n) is 10.4. The van der Waals surface area contributed by atoms with Gasteiger partial charge in [0, 0.05) is 17.8 Å². The first-order chi connectivity index (χ1) is 8.91. The molecule has 0 heterocycles. The van der Waals surface area contributed by atoms with Crippen LogP contribution in [0.15, 0.2) is 18.2 Å². The molecule has 1 fully saturated rings. The second-order valence-electron chi connectivity index (χ2n) is 4.73. The van der Waals surface area contributed by atoms with E-state index in [1.54, 1.807) is 7.11 Å². The van der Waals surface area contributed by atoms with Crippen LogP contribution in [0, 0.1) is 5.92 Å². The monoisotopic (exact) mass is 293 g/mol. The smallest absolute Gasteiger partial charge is 0.383 e. The molecule has 1 aliphatic rings. The van der Waals surface area contributed by atoms with Gasteiger partial charge in [-0.25, -0.2) is 0 Å². The van der Waals surface area contributed by atoms with Crippen molar-refractivity contribution in [3.8, 4) is 0 Å². The van der Waals surface area contributed by atoms with E-state index < -0.39 is 11.7 Å². The third-order valence-electron chi connectivity index (χ3n) is 3.17. The normalized spacial score (nSPS) is 17.3. The molecule has 0 saturated heterocycles. The summed E-state index contributed by atoms with van der Waals surface area (Å²) < 4.78 is 43.9. The first-order valence-corrected chi connectivity index (χ1v) is 6.42. The van der Waals surface area contributed by atoms with Crippen LogP contribution in [-0.2, 0) is 10.9 Å². The van der Waals surface area contributed by atoms with Gasteiger partial charge in [-0.05, 0) is 37.0 Å². The highest BCUT2D eigenvalue weighted by Gasteiger charge is 2.36. The molecule has 106 valence electrons. The molecule has 0 aromatic heterocycles. The quantitative estimate of drug-likeness (QED) is 0.878. The van der Waals surface area contributed by atoms with Gasteiger partial charge in [0.05, 0.1) is 18.2 Å². The first kappa shape index (κ1) is 14.5. The molecule has 1 N–H and O–H groups in total. The Balaban J connectivity index is 2.23. The number of hydrogen-bond acceptors (Lipinski definition) is 2. The van der Waals surface area contributed by atoms with E-state index in [0.29, 0.717) is 12.5 Å². The number of hydrogen-bond donors (Lipinski definition) is 1. The molecule has 1 atom stereocenters. The summed E-state index contributed by atoms with van der Waals surface area (Å²) >= 11 is 5.64. The predicted octanol–water partition coefficient (Wildman–Crippen LogP) is 4.20. The molecule has 2 rings (SSSR count). The van der Waals surface area contributed by atoms with E-state index in [4.69, 9.17) is 16.3 Å². The third-order valence-corrected chi connectivity index (χ3v) is 3.40. The predicted molar refractivity (Wildman–Crippen MR) is 68.5 cm³/mol. The maximum Gasteiger partial charge on any atom is 0.418 e. The van der Waals surface area contributed by atoms with Crippen LogP contribution in [0.4, 0.5) is 18.9 Å². The van der Waals surface area contributed by atoms with E-state index in [9.17, 15) is 13.2 Å². The minimum atomic E-state index is -4.42. The van der Waals surface area contributed by atoms with E-state index in [0.717, 1.165) is 18.9 Å². The molecule has 6 heteroatoms. The van der Waals surface area contributed by atoms with Crippen LogP contribution in [0.25, 0.3) is 0 Å². The van der Waals surface area contributed by atoms with Crippen molar-refractivity contribution in [1.82, 2.24) is 0 Å². The minimum absolute atomic E-state index is 0.0610. The van der Waals surface area contributed by atoms with Crippen LogP contribution in [0.5, 0.6) is 0 Å². The summed E-state index contributed by atoms with van der Waals surface area (Å²) in [6, 6.07) is 3.68. The molecular formula is C13H15ClF3NO. The van der Waals surface area contributed by atoms with Gasteiger partial charge in [0.25, 0.3) is 0 Å². The van der Waals surface area contributed by atoms with Gasteiger partial charge < -0.3 is 10.1 Å². The average Bonchev–Trinajstić information content (AvgIpc) is 3.13. The molecule has 19 heavy (non-hydrogen) atoms. The second kappa shape index (κ2) is 5.59. The lowest BCUT2D eigenvalue weighted by molar-refractivity contribution is -0.137. The largest absolute Gasteiger partial charge is 0.418 e. The molecule has 1 unspecified atom stereocenters. The Labute approximate surface area is 114 Å². The summed E-state index contributed by atoms with van der Waals surface area (Å²) in [5.41, 5.74) is -0.674. The summed E-state index contributed by atoms with van der Waals surface area (Å²) in [6.45, 7) is 0.393. The van der Waals surface area contributed by atoms with E-state index >= 15 is 0 Å². The summed E-state index contributed by atoms with van der Waals surface area (Å²) in [5.74, 6) is 0.386. The molecular weight excluding hydrogens is 279 g/mol. The average molecular weight is 294 g/mol. The SMILES string of the molecule is COCC(Nc1ccc(Cl)cc1C(F)(F)F)C1CC1. The Morgan fingerprint density at radius 3 is 2.63 bits per heavy atom. The van der Waals surface area contributed by atoms with Crippen LogP contribution < -0.4 is 5.32 Å². The number of benzene rings is 1. The van der Waals surface area contributed by atoms with Gasteiger partial charge >= 0.3 is 6.18 Å². The van der Waals surface area contributed by atoms with Crippen molar-refractivity contribution in [1.29, 1.82) is 0 Å². The van der Waals surface area contributed by atoms with Crippen molar-refractivity contribution in [3.63, 3.8) is 0 Å². The lowest BCUT2D eigenvalue weighted by atomic mass is 10.1. The van der Waals surface area contributed by atoms with E-state index in [1.807, 2.05) is 0 Å². The molecule has 2 nitrogen and oxygen atoms in total. The van der Waals surface area contributed by atoms with Crippen molar-refractivity contribution in [2.45, 2.75) is 25.1 Å². The number of anilines is 1. The summed E-state index contributed by atoms with van der Waals surface area (Å²) in [7, 11) is 1.55. The highest BCUT2D eigenvalue weighted by Crippen LogP contribution is 2.39. The molecule has 1 aromatic rings. The fourth-order valence-corrected chi connectivity index (χ4v) is 2.22. The Bertz CT molecular complexity index is 446. The van der Waals surface area contributed by atoms with Crippen LogP contribution in [-0.4, -0.2) is 19.8 Å². The number of halogens is 4. The fraction of sp³-hybridized carbons (Fsp3) is 0.538. The van der Waals surface area contributed by atoms with Gasteiger partial charge in [-0.2, -0.15) is 13.2 Å². The van der Waals surface area contributed by atoms with Gasteiger partial charge in [-0.15, -0.1) is 0 Å². The third kappa shape index (κ3) is 3.76. The standard InChI is InChI=1S/C13H15ClF3NO/c1-19-7-12(8-2-3-8)18-11-5-4-9(14)6-10(11)13(15,16)17/h4-6,8,12,18H,2-3,7H2,1H3. The van der Waals surface area contributed by atoms with Gasteiger partial charge in [0.15, 0.2) is 0 Å². The van der Waals surface area contributed by atoms with Crippen LogP contribution in [0.2, 0.25) is 5.02 Å². The maximum atomic E-state index is 13.0. The Morgan fingerprint density at radius 1 is 1.42 bits per heavy atom. The van der Waals surface area contributed by atoms with Crippen molar-refractivity contribution >= 4 is 17.3 Å². The summed E-state index contributed by atoms with van der Waals surface area (Å²) in [5, 5.41) is 3.02. The van der Waals surface area contributed by atoms with Crippen molar-refractivity contribution < 1.29 is 17.9 Å². The van der Waals surface area contributed by atoms with Gasteiger partial charge in [-0.3, -0.25) is 0 Å². The topological polar surface area (TPSA) is 21.3 Å². The summed E-state index contributed by atoms with van der Waals surface area (Å²) in [4.78, 5) is 0. The molecule has 0 aliphatic heterocycles. The number of rotatable bonds is 5. The molecule has 0 radical (unpaired) electrons. The van der Waals surface area contributed by atoms with Crippen LogP contribution in [0.1, 0.15) is 18.4 Å². The van der Waals surface area contributed by atoms with E-state index in [2.05, 4.69) is 5.32 Å². The molecule has 1 saturated carbocycles. The van der Waals surface area contributed by atoms with Gasteiger partial charge in [0.1, 0.15) is 0 Å². The highest BCUT2D eigenvalue weighted by molar-refractivity contribution is 6.30. The molecule has 1 aromatic carbocycles. The molecule has 0 amide bonds.